The molecule has 7 nitrogen and oxygen atoms in total. The number of nitrogens with zero attached hydrogens (tertiary/aromatic N) is 2. The highest BCUT2D eigenvalue weighted by molar-refractivity contribution is 5.77. The maximum atomic E-state index is 11.9. The van der Waals surface area contributed by atoms with E-state index in [9.17, 15) is 4.79 Å². The molecule has 31 heavy (non-hydrogen) atoms. The Bertz CT molecular complexity index is 816. The summed E-state index contributed by atoms with van der Waals surface area (Å²) in [6.45, 7) is 4.73. The number of nitrogens with one attached hydrogen (secondary N) is 1. The fourth-order valence-corrected chi connectivity index (χ4v) is 3.18. The molecule has 0 atom stereocenters. The number of amides is 1. The van der Waals surface area contributed by atoms with Gasteiger partial charge in [0.2, 0.25) is 5.88 Å². The largest absolute Gasteiger partial charge is 0.468 e. The molecule has 1 N–H and O–H groups in total. The summed E-state index contributed by atoms with van der Waals surface area (Å²) in [6.07, 6.45) is 7.07. The first-order chi connectivity index (χ1) is 15.2. The number of oxime groups is 1. The number of aryl methyl sites for hydroxylation is 2. The lowest BCUT2D eigenvalue weighted by Crippen LogP contribution is -2.35. The predicted molar refractivity (Wildman–Crippen MR) is 119 cm³/mol. The molecule has 0 spiro atoms. The lowest BCUT2D eigenvalue weighted by molar-refractivity contribution is -0.123. The third-order valence-electron chi connectivity index (χ3n) is 5.14. The topological polar surface area (TPSA) is 82.0 Å². The van der Waals surface area contributed by atoms with Crippen molar-refractivity contribution in [3.63, 3.8) is 0 Å². The van der Waals surface area contributed by atoms with Gasteiger partial charge in [-0.1, -0.05) is 41.1 Å². The molecular weight excluding hydrogens is 394 g/mol. The monoisotopic (exact) mass is 425 g/mol. The maximum Gasteiger partial charge on any atom is 0.258 e. The molecule has 1 aliphatic heterocycles. The number of pyridine rings is 1. The number of hydrogen-bond acceptors (Lipinski definition) is 6. The van der Waals surface area contributed by atoms with E-state index in [1.807, 2.05) is 18.2 Å². The summed E-state index contributed by atoms with van der Waals surface area (Å²) < 4.78 is 10.8. The third-order valence-corrected chi connectivity index (χ3v) is 5.14. The Balaban J connectivity index is 1.27. The first-order valence-corrected chi connectivity index (χ1v) is 10.8. The Morgan fingerprint density at radius 3 is 2.71 bits per heavy atom. The van der Waals surface area contributed by atoms with Gasteiger partial charge >= 0.3 is 0 Å². The molecule has 0 bridgehead atoms. The van der Waals surface area contributed by atoms with Crippen LogP contribution in [0.4, 0.5) is 0 Å². The summed E-state index contributed by atoms with van der Waals surface area (Å²) in [4.78, 5) is 21.5. The van der Waals surface area contributed by atoms with Crippen molar-refractivity contribution in [1.29, 1.82) is 0 Å². The van der Waals surface area contributed by atoms with Crippen LogP contribution in [0.3, 0.4) is 0 Å². The van der Waals surface area contributed by atoms with Crippen molar-refractivity contribution in [2.45, 2.75) is 39.2 Å². The molecule has 2 heterocycles. The molecule has 1 aliphatic rings. The molecule has 166 valence electrons. The Kier molecular flexibility index (Phi) is 9.32. The average Bonchev–Trinajstić information content (AvgIpc) is 2.81. The number of carbonyl (C=O) groups excluding carboxylic acids is 1. The summed E-state index contributed by atoms with van der Waals surface area (Å²) >= 11 is 0. The number of benzene rings is 1. The lowest BCUT2D eigenvalue weighted by Gasteiger charge is -2.22. The molecule has 1 saturated heterocycles. The standard InChI is InChI=1S/C24H31N3O4/c1-19-4-6-22(7-5-19)17-31-27-12-2-3-20-8-9-24(26-16-20)30-18-23(28)25-15-21-10-13-29-14-11-21/h4-9,12,16,21H,2-3,10-11,13-15,17-18H2,1H3,(H,25,28). The summed E-state index contributed by atoms with van der Waals surface area (Å²) in [5.74, 6) is 0.811. The summed E-state index contributed by atoms with van der Waals surface area (Å²) in [6, 6.07) is 11.9. The predicted octanol–water partition coefficient (Wildman–Crippen LogP) is 3.45. The van der Waals surface area contributed by atoms with Crippen LogP contribution in [0.5, 0.6) is 5.88 Å². The molecular formula is C24H31N3O4. The smallest absolute Gasteiger partial charge is 0.258 e. The van der Waals surface area contributed by atoms with Crippen molar-refractivity contribution in [3.8, 4) is 5.88 Å². The van der Waals surface area contributed by atoms with Crippen LogP contribution in [0, 0.1) is 12.8 Å². The molecule has 0 unspecified atom stereocenters. The fraction of sp³-hybridized carbons (Fsp3) is 0.458. The van der Waals surface area contributed by atoms with Gasteiger partial charge in [0.15, 0.2) is 6.61 Å². The van der Waals surface area contributed by atoms with Crippen LogP contribution >= 0.6 is 0 Å². The molecule has 1 amide bonds. The number of carbonyl (C=O) groups is 1. The van der Waals surface area contributed by atoms with Crippen molar-refractivity contribution in [3.05, 3.63) is 59.3 Å². The van der Waals surface area contributed by atoms with Gasteiger partial charge in [0.05, 0.1) is 0 Å². The molecule has 7 heteroatoms. The van der Waals surface area contributed by atoms with Gasteiger partial charge in [-0.25, -0.2) is 4.98 Å². The highest BCUT2D eigenvalue weighted by Crippen LogP contribution is 2.13. The minimum Gasteiger partial charge on any atom is -0.468 e. The second-order valence-electron chi connectivity index (χ2n) is 7.74. The van der Waals surface area contributed by atoms with E-state index < -0.39 is 0 Å². The van der Waals surface area contributed by atoms with Crippen LogP contribution in [0.1, 0.15) is 36.0 Å². The Morgan fingerprint density at radius 1 is 1.19 bits per heavy atom. The normalized spacial score (nSPS) is 14.5. The second kappa shape index (κ2) is 12.7. The van der Waals surface area contributed by atoms with Gasteiger partial charge in [-0.3, -0.25) is 4.79 Å². The average molecular weight is 426 g/mol. The van der Waals surface area contributed by atoms with Crippen LogP contribution in [0.2, 0.25) is 0 Å². The van der Waals surface area contributed by atoms with E-state index in [-0.39, 0.29) is 12.5 Å². The summed E-state index contributed by atoms with van der Waals surface area (Å²) in [7, 11) is 0. The highest BCUT2D eigenvalue weighted by atomic mass is 16.6. The van der Waals surface area contributed by atoms with E-state index in [0.717, 1.165) is 50.0 Å². The molecule has 0 saturated carbocycles. The highest BCUT2D eigenvalue weighted by Gasteiger charge is 2.14. The van der Waals surface area contributed by atoms with Crippen molar-refractivity contribution in [2.24, 2.45) is 11.1 Å². The van der Waals surface area contributed by atoms with Gasteiger partial charge in [0.1, 0.15) is 6.61 Å². The van der Waals surface area contributed by atoms with Gasteiger partial charge < -0.3 is 19.6 Å². The van der Waals surface area contributed by atoms with Crippen molar-refractivity contribution in [2.75, 3.05) is 26.4 Å². The van der Waals surface area contributed by atoms with E-state index in [2.05, 4.69) is 34.5 Å². The molecule has 0 aliphatic carbocycles. The molecule has 3 rings (SSSR count). The first-order valence-electron chi connectivity index (χ1n) is 10.8. The van der Waals surface area contributed by atoms with Crippen molar-refractivity contribution in [1.82, 2.24) is 10.3 Å². The molecule has 1 aromatic heterocycles. The second-order valence-corrected chi connectivity index (χ2v) is 7.74. The SMILES string of the molecule is Cc1ccc(CON=CCCc2ccc(OCC(=O)NCC3CCOCC3)nc2)cc1. The van der Waals surface area contributed by atoms with Gasteiger partial charge in [-0.2, -0.15) is 0 Å². The molecule has 2 aromatic rings. The summed E-state index contributed by atoms with van der Waals surface area (Å²) in [5.41, 5.74) is 3.40. The van der Waals surface area contributed by atoms with Gasteiger partial charge in [-0.15, -0.1) is 0 Å². The quantitative estimate of drug-likeness (QED) is 0.440. The number of rotatable bonds is 11. The fourth-order valence-electron chi connectivity index (χ4n) is 3.18. The first kappa shape index (κ1) is 22.7. The zero-order valence-electron chi connectivity index (χ0n) is 18.1. The van der Waals surface area contributed by atoms with Crippen molar-refractivity contribution >= 4 is 12.1 Å². The van der Waals surface area contributed by atoms with E-state index in [1.165, 1.54) is 5.56 Å². The maximum absolute atomic E-state index is 11.9. The Hall–Kier alpha value is -2.93. The number of ether oxygens (including phenoxy) is 2. The van der Waals surface area contributed by atoms with Gasteiger partial charge in [0.25, 0.3) is 5.91 Å². The Morgan fingerprint density at radius 2 is 1.97 bits per heavy atom. The van der Waals surface area contributed by atoms with Crippen LogP contribution < -0.4 is 10.1 Å². The van der Waals surface area contributed by atoms with E-state index in [4.69, 9.17) is 14.3 Å². The Labute approximate surface area is 183 Å². The number of aromatic nitrogens is 1. The minimum atomic E-state index is -0.126. The van der Waals surface area contributed by atoms with Crippen LogP contribution in [-0.4, -0.2) is 43.5 Å². The van der Waals surface area contributed by atoms with Gasteiger partial charge in [-0.05, 0) is 49.7 Å². The van der Waals surface area contributed by atoms with Gasteiger partial charge in [0, 0.05) is 38.2 Å². The minimum absolute atomic E-state index is 0.0272. The molecule has 1 fully saturated rings. The molecule has 0 radical (unpaired) electrons. The number of hydrogen-bond donors (Lipinski definition) is 1. The van der Waals surface area contributed by atoms with Crippen LogP contribution in [0.15, 0.2) is 47.8 Å². The summed E-state index contributed by atoms with van der Waals surface area (Å²) in [5, 5.41) is 6.92. The lowest BCUT2D eigenvalue weighted by atomic mass is 10.0. The van der Waals surface area contributed by atoms with Crippen LogP contribution in [-0.2, 0) is 27.4 Å². The van der Waals surface area contributed by atoms with E-state index in [1.54, 1.807) is 18.5 Å². The third kappa shape index (κ3) is 8.76. The van der Waals surface area contributed by atoms with E-state index >= 15 is 0 Å². The van der Waals surface area contributed by atoms with Crippen LogP contribution in [0.25, 0.3) is 0 Å². The van der Waals surface area contributed by atoms with E-state index in [0.29, 0.717) is 24.9 Å². The van der Waals surface area contributed by atoms with Crippen molar-refractivity contribution < 1.29 is 19.1 Å². The zero-order valence-corrected chi connectivity index (χ0v) is 18.1. The molecule has 1 aromatic carbocycles. The zero-order chi connectivity index (χ0) is 21.7.